The van der Waals surface area contributed by atoms with Gasteiger partial charge in [0, 0.05) is 4.88 Å². The molecule has 1 aromatic carbocycles. The van der Waals surface area contributed by atoms with Crippen molar-refractivity contribution in [3.8, 4) is 5.75 Å². The number of rotatable bonds is 3. The normalized spacial score (nSPS) is 12.5. The molecule has 1 nitrogen and oxygen atoms in total. The van der Waals surface area contributed by atoms with Crippen LogP contribution in [-0.4, -0.2) is 7.11 Å². The van der Waals surface area contributed by atoms with Crippen LogP contribution in [0.2, 0.25) is 0 Å². The summed E-state index contributed by atoms with van der Waals surface area (Å²) in [6, 6.07) is 8.34. The maximum atomic E-state index is 5.24. The molecule has 1 unspecified atom stereocenters. The molecule has 0 saturated heterocycles. The van der Waals surface area contributed by atoms with Gasteiger partial charge in [0.1, 0.15) is 5.75 Å². The van der Waals surface area contributed by atoms with Gasteiger partial charge in [0.25, 0.3) is 0 Å². The fraction of sp³-hybridized carbons (Fsp3) is 0.231. The molecule has 5 heteroatoms. The van der Waals surface area contributed by atoms with E-state index in [-0.39, 0.29) is 4.83 Å². The Labute approximate surface area is 136 Å². The number of hydrogen-bond acceptors (Lipinski definition) is 2. The van der Waals surface area contributed by atoms with Gasteiger partial charge in [-0.1, -0.05) is 22.0 Å². The van der Waals surface area contributed by atoms with Crippen molar-refractivity contribution in [2.24, 2.45) is 0 Å². The molecule has 0 aliphatic rings. The SMILES string of the molecule is COc1ccc(C(Br)c2cc(C)c(Br)s2)cc1Br. The van der Waals surface area contributed by atoms with Crippen LogP contribution in [0.25, 0.3) is 0 Å². The first-order chi connectivity index (χ1) is 8.52. The Kier molecular flexibility index (Phi) is 4.92. The van der Waals surface area contributed by atoms with Gasteiger partial charge in [-0.25, -0.2) is 0 Å². The molecule has 2 rings (SSSR count). The van der Waals surface area contributed by atoms with E-state index in [9.17, 15) is 0 Å². The predicted molar refractivity (Wildman–Crippen MR) is 88.2 cm³/mol. The molecule has 1 atom stereocenters. The summed E-state index contributed by atoms with van der Waals surface area (Å²) in [5, 5.41) is 0. The molecule has 18 heavy (non-hydrogen) atoms. The molecule has 0 bridgehead atoms. The fourth-order valence-corrected chi connectivity index (χ4v) is 4.45. The van der Waals surface area contributed by atoms with Crippen LogP contribution in [0.15, 0.2) is 32.5 Å². The topological polar surface area (TPSA) is 9.23 Å². The van der Waals surface area contributed by atoms with Crippen molar-refractivity contribution < 1.29 is 4.74 Å². The van der Waals surface area contributed by atoms with E-state index in [0.29, 0.717) is 0 Å². The van der Waals surface area contributed by atoms with E-state index in [1.54, 1.807) is 18.4 Å². The third kappa shape index (κ3) is 3.00. The van der Waals surface area contributed by atoms with Gasteiger partial charge < -0.3 is 4.74 Å². The number of methoxy groups -OCH3 is 1. The molecule has 0 radical (unpaired) electrons. The molecule has 0 fully saturated rings. The molecule has 2 aromatic rings. The van der Waals surface area contributed by atoms with Gasteiger partial charge in [-0.05, 0) is 68.1 Å². The summed E-state index contributed by atoms with van der Waals surface area (Å²) in [6.07, 6.45) is 0. The average Bonchev–Trinajstić information content (AvgIpc) is 2.68. The van der Waals surface area contributed by atoms with Crippen LogP contribution in [0, 0.1) is 6.92 Å². The van der Waals surface area contributed by atoms with Crippen LogP contribution in [0.3, 0.4) is 0 Å². The minimum Gasteiger partial charge on any atom is -0.496 e. The minimum atomic E-state index is 0.203. The summed E-state index contributed by atoms with van der Waals surface area (Å²) < 4.78 is 7.40. The fourth-order valence-electron chi connectivity index (χ4n) is 1.61. The van der Waals surface area contributed by atoms with Crippen molar-refractivity contribution in [1.29, 1.82) is 0 Å². The minimum absolute atomic E-state index is 0.203. The highest BCUT2D eigenvalue weighted by molar-refractivity contribution is 9.11. The molecule has 1 aromatic heterocycles. The zero-order valence-electron chi connectivity index (χ0n) is 9.84. The Morgan fingerprint density at radius 2 is 1.94 bits per heavy atom. The number of benzene rings is 1. The first kappa shape index (κ1) is 14.6. The lowest BCUT2D eigenvalue weighted by molar-refractivity contribution is 0.412. The smallest absolute Gasteiger partial charge is 0.133 e. The number of aryl methyl sites for hydroxylation is 1. The molecule has 0 aliphatic carbocycles. The van der Waals surface area contributed by atoms with E-state index in [2.05, 4.69) is 72.9 Å². The Morgan fingerprint density at radius 1 is 1.22 bits per heavy atom. The quantitative estimate of drug-likeness (QED) is 0.511. The lowest BCUT2D eigenvalue weighted by Gasteiger charge is -2.10. The third-order valence-electron chi connectivity index (χ3n) is 2.59. The maximum absolute atomic E-state index is 5.24. The number of hydrogen-bond donors (Lipinski definition) is 0. The first-order valence-electron chi connectivity index (χ1n) is 5.26. The van der Waals surface area contributed by atoms with Crippen LogP contribution in [0.4, 0.5) is 0 Å². The molecular weight excluding hydrogens is 444 g/mol. The zero-order chi connectivity index (χ0) is 13.3. The number of alkyl halides is 1. The van der Waals surface area contributed by atoms with E-state index in [4.69, 9.17) is 4.74 Å². The van der Waals surface area contributed by atoms with Crippen molar-refractivity contribution in [3.63, 3.8) is 0 Å². The van der Waals surface area contributed by atoms with E-state index in [0.717, 1.165) is 10.2 Å². The lowest BCUT2D eigenvalue weighted by atomic mass is 10.1. The largest absolute Gasteiger partial charge is 0.496 e. The Hall–Kier alpha value is 0.160. The molecule has 0 saturated carbocycles. The maximum Gasteiger partial charge on any atom is 0.133 e. The Bertz CT molecular complexity index is 546. The van der Waals surface area contributed by atoms with Crippen LogP contribution >= 0.6 is 59.1 Å². The van der Waals surface area contributed by atoms with E-state index >= 15 is 0 Å². The second kappa shape index (κ2) is 6.07. The van der Waals surface area contributed by atoms with Crippen molar-refractivity contribution in [2.45, 2.75) is 11.8 Å². The second-order valence-electron chi connectivity index (χ2n) is 3.86. The van der Waals surface area contributed by atoms with Crippen molar-refractivity contribution >= 4 is 59.1 Å². The standard InChI is InChI=1S/C13H11Br3OS/c1-7-5-11(18-13(7)16)12(15)8-3-4-10(17-2)9(14)6-8/h3-6,12H,1-2H3. The van der Waals surface area contributed by atoms with Gasteiger partial charge in [-0.15, -0.1) is 11.3 Å². The van der Waals surface area contributed by atoms with Gasteiger partial charge >= 0.3 is 0 Å². The Morgan fingerprint density at radius 3 is 2.44 bits per heavy atom. The molecule has 0 aliphatic heterocycles. The van der Waals surface area contributed by atoms with Gasteiger partial charge in [0.2, 0.25) is 0 Å². The summed E-state index contributed by atoms with van der Waals surface area (Å²) >= 11 is 12.6. The van der Waals surface area contributed by atoms with E-state index in [1.807, 2.05) is 6.07 Å². The monoisotopic (exact) mass is 452 g/mol. The molecule has 96 valence electrons. The molecule has 0 amide bonds. The number of ether oxygens (including phenoxy) is 1. The van der Waals surface area contributed by atoms with Gasteiger partial charge in [-0.2, -0.15) is 0 Å². The van der Waals surface area contributed by atoms with Crippen LogP contribution in [-0.2, 0) is 0 Å². The van der Waals surface area contributed by atoms with Gasteiger partial charge in [0.15, 0.2) is 0 Å². The van der Waals surface area contributed by atoms with Crippen molar-refractivity contribution in [3.05, 3.63) is 48.5 Å². The van der Waals surface area contributed by atoms with Crippen molar-refractivity contribution in [1.82, 2.24) is 0 Å². The highest BCUT2D eigenvalue weighted by Gasteiger charge is 2.15. The van der Waals surface area contributed by atoms with Crippen molar-refractivity contribution in [2.75, 3.05) is 7.11 Å². The number of halogens is 3. The summed E-state index contributed by atoms with van der Waals surface area (Å²) in [7, 11) is 1.67. The lowest BCUT2D eigenvalue weighted by Crippen LogP contribution is -1.91. The van der Waals surface area contributed by atoms with Crippen LogP contribution in [0.1, 0.15) is 20.8 Å². The summed E-state index contributed by atoms with van der Waals surface area (Å²) in [5.74, 6) is 0.849. The van der Waals surface area contributed by atoms with Crippen LogP contribution < -0.4 is 4.74 Å². The second-order valence-corrected chi connectivity index (χ2v) is 8.03. The van der Waals surface area contributed by atoms with Gasteiger partial charge in [0.05, 0.1) is 20.2 Å². The molecule has 1 heterocycles. The average molecular weight is 455 g/mol. The third-order valence-corrected chi connectivity index (χ3v) is 6.74. The summed E-state index contributed by atoms with van der Waals surface area (Å²) in [4.78, 5) is 1.49. The van der Waals surface area contributed by atoms with Crippen LogP contribution in [0.5, 0.6) is 5.75 Å². The highest BCUT2D eigenvalue weighted by atomic mass is 79.9. The highest BCUT2D eigenvalue weighted by Crippen LogP contribution is 2.40. The van der Waals surface area contributed by atoms with Gasteiger partial charge in [-0.3, -0.25) is 0 Å². The predicted octanol–water partition coefficient (Wildman–Crippen LogP) is 6.07. The molecular formula is C13H11Br3OS. The molecule has 0 spiro atoms. The summed E-state index contributed by atoms with van der Waals surface area (Å²) in [6.45, 7) is 2.10. The van der Waals surface area contributed by atoms with E-state index < -0.39 is 0 Å². The number of thiophene rings is 1. The Balaban J connectivity index is 2.33. The van der Waals surface area contributed by atoms with E-state index in [1.165, 1.54) is 19.8 Å². The molecule has 0 N–H and O–H groups in total. The first-order valence-corrected chi connectivity index (χ1v) is 8.58. The zero-order valence-corrected chi connectivity index (χ0v) is 15.4. The summed E-state index contributed by atoms with van der Waals surface area (Å²) in [5.41, 5.74) is 2.48.